The number of aliphatic imine (C=N–C) groups is 1. The average Bonchev–Trinajstić information content (AvgIpc) is 2.71. The Morgan fingerprint density at radius 2 is 2.54 bits per heavy atom. The Kier molecular flexibility index (Phi) is 2.90. The molecule has 6 heteroatoms. The van der Waals surface area contributed by atoms with Crippen LogP contribution < -0.4 is 0 Å². The Morgan fingerprint density at radius 1 is 1.62 bits per heavy atom. The zero-order valence-corrected chi connectivity index (χ0v) is 8.82. The predicted molar refractivity (Wildman–Crippen MR) is 55.1 cm³/mol. The molecule has 4 nitrogen and oxygen atoms in total. The maximum absolute atomic E-state index is 4.98. The molecule has 0 bridgehead atoms. The van der Waals surface area contributed by atoms with Gasteiger partial charge in [0.25, 0.3) is 0 Å². The minimum atomic E-state index is 0.678. The number of hydrogen-bond donors (Lipinski definition) is 0. The molecule has 1 aromatic rings. The third-order valence-electron chi connectivity index (χ3n) is 1.45. The lowest BCUT2D eigenvalue weighted by Crippen LogP contribution is -1.84. The molecule has 70 valence electrons. The van der Waals surface area contributed by atoms with E-state index in [0.29, 0.717) is 11.7 Å². The molecule has 2 rings (SSSR count). The molecular formula is C7H9N3OS2. The summed E-state index contributed by atoms with van der Waals surface area (Å²) in [6.07, 6.45) is 0. The molecule has 1 aliphatic rings. The van der Waals surface area contributed by atoms with Crippen LogP contribution >= 0.6 is 23.5 Å². The van der Waals surface area contributed by atoms with Crippen molar-refractivity contribution in [2.24, 2.45) is 4.99 Å². The number of aryl methyl sites for hydroxylation is 1. The van der Waals surface area contributed by atoms with E-state index in [1.807, 2.05) is 6.92 Å². The van der Waals surface area contributed by atoms with Gasteiger partial charge < -0.3 is 4.52 Å². The van der Waals surface area contributed by atoms with Gasteiger partial charge in [-0.3, -0.25) is 4.99 Å². The largest absolute Gasteiger partial charge is 0.338 e. The first-order valence-corrected chi connectivity index (χ1v) is 5.91. The maximum Gasteiger partial charge on any atom is 0.237 e. The minimum absolute atomic E-state index is 0.678. The van der Waals surface area contributed by atoms with E-state index in [9.17, 15) is 0 Å². The summed E-state index contributed by atoms with van der Waals surface area (Å²) < 4.78 is 6.11. The van der Waals surface area contributed by atoms with Crippen LogP contribution in [0.25, 0.3) is 0 Å². The highest BCUT2D eigenvalue weighted by atomic mass is 32.2. The smallest absolute Gasteiger partial charge is 0.237 e. The monoisotopic (exact) mass is 215 g/mol. The second-order valence-corrected chi connectivity index (χ2v) is 4.83. The number of thioether (sulfide) groups is 2. The highest BCUT2D eigenvalue weighted by molar-refractivity contribution is 8.38. The van der Waals surface area contributed by atoms with Crippen molar-refractivity contribution < 1.29 is 4.52 Å². The van der Waals surface area contributed by atoms with Crippen molar-refractivity contribution in [3.8, 4) is 0 Å². The lowest BCUT2D eigenvalue weighted by molar-refractivity contribution is 0.387. The highest BCUT2D eigenvalue weighted by Gasteiger charge is 2.10. The normalized spacial score (nSPS) is 16.2. The molecule has 0 unspecified atom stereocenters. The molecule has 0 saturated carbocycles. The number of rotatable bonds is 2. The fourth-order valence-corrected chi connectivity index (χ4v) is 2.77. The van der Waals surface area contributed by atoms with Crippen molar-refractivity contribution in [2.75, 3.05) is 12.3 Å². The van der Waals surface area contributed by atoms with Gasteiger partial charge in [-0.15, -0.1) is 0 Å². The molecule has 0 radical (unpaired) electrons. The molecule has 2 heterocycles. The Bertz CT molecular complexity index is 323. The fraction of sp³-hybridized carbons (Fsp3) is 0.571. The Labute approximate surface area is 84.6 Å². The number of aromatic nitrogens is 2. The van der Waals surface area contributed by atoms with Crippen molar-refractivity contribution in [1.82, 2.24) is 10.1 Å². The number of nitrogens with zero attached hydrogens (tertiary/aromatic N) is 3. The third kappa shape index (κ3) is 2.47. The highest BCUT2D eigenvalue weighted by Crippen LogP contribution is 2.24. The van der Waals surface area contributed by atoms with Crippen LogP contribution in [-0.2, 0) is 5.75 Å². The van der Waals surface area contributed by atoms with Crippen LogP contribution in [-0.4, -0.2) is 26.8 Å². The number of hydrogen-bond acceptors (Lipinski definition) is 6. The molecule has 0 aromatic carbocycles. The van der Waals surface area contributed by atoms with Crippen LogP contribution in [0.2, 0.25) is 0 Å². The molecule has 0 N–H and O–H groups in total. The van der Waals surface area contributed by atoms with Gasteiger partial charge in [-0.2, -0.15) is 4.98 Å². The van der Waals surface area contributed by atoms with Gasteiger partial charge in [0.1, 0.15) is 4.38 Å². The predicted octanol–water partition coefficient (Wildman–Crippen LogP) is 1.71. The molecule has 0 fully saturated rings. The van der Waals surface area contributed by atoms with Crippen LogP contribution in [0.4, 0.5) is 0 Å². The maximum atomic E-state index is 4.98. The van der Waals surface area contributed by atoms with E-state index in [4.69, 9.17) is 4.52 Å². The van der Waals surface area contributed by atoms with Gasteiger partial charge in [0, 0.05) is 5.75 Å². The third-order valence-corrected chi connectivity index (χ3v) is 3.68. The van der Waals surface area contributed by atoms with Crippen molar-refractivity contribution >= 4 is 27.9 Å². The van der Waals surface area contributed by atoms with Crippen molar-refractivity contribution in [1.29, 1.82) is 0 Å². The first-order chi connectivity index (χ1) is 6.34. The molecule has 1 aliphatic heterocycles. The summed E-state index contributed by atoms with van der Waals surface area (Å²) in [5.41, 5.74) is 0. The second-order valence-electron chi connectivity index (χ2n) is 2.52. The van der Waals surface area contributed by atoms with Crippen LogP contribution in [0.3, 0.4) is 0 Å². The summed E-state index contributed by atoms with van der Waals surface area (Å²) in [5, 5.41) is 3.72. The van der Waals surface area contributed by atoms with Gasteiger partial charge >= 0.3 is 0 Å². The van der Waals surface area contributed by atoms with Crippen LogP contribution in [0, 0.1) is 6.92 Å². The van der Waals surface area contributed by atoms with E-state index in [-0.39, 0.29) is 0 Å². The van der Waals surface area contributed by atoms with Gasteiger partial charge in [0.15, 0.2) is 5.82 Å². The Hall–Kier alpha value is -0.490. The molecule has 0 atom stereocenters. The van der Waals surface area contributed by atoms with Crippen LogP contribution in [0.1, 0.15) is 11.7 Å². The van der Waals surface area contributed by atoms with Crippen molar-refractivity contribution in [2.45, 2.75) is 12.7 Å². The summed E-state index contributed by atoms with van der Waals surface area (Å²) >= 11 is 3.46. The summed E-state index contributed by atoms with van der Waals surface area (Å²) in [6, 6.07) is 0. The SMILES string of the molecule is Cc1noc(CSC2=NCCS2)n1. The topological polar surface area (TPSA) is 51.3 Å². The summed E-state index contributed by atoms with van der Waals surface area (Å²) in [4.78, 5) is 8.42. The lowest BCUT2D eigenvalue weighted by atomic mass is 10.7. The zero-order chi connectivity index (χ0) is 9.10. The molecule has 0 amide bonds. The first-order valence-electron chi connectivity index (χ1n) is 3.94. The standard InChI is InChI=1S/C7H9N3OS2/c1-5-9-6(11-10-5)4-13-7-8-2-3-12-7/h2-4H2,1H3. The van der Waals surface area contributed by atoms with E-state index in [1.54, 1.807) is 23.5 Å². The molecule has 13 heavy (non-hydrogen) atoms. The van der Waals surface area contributed by atoms with Gasteiger partial charge in [-0.25, -0.2) is 0 Å². The summed E-state index contributed by atoms with van der Waals surface area (Å²) in [6.45, 7) is 2.76. The molecule has 0 aliphatic carbocycles. The van der Waals surface area contributed by atoms with E-state index < -0.39 is 0 Å². The molecule has 1 aromatic heterocycles. The Morgan fingerprint density at radius 3 is 3.15 bits per heavy atom. The quantitative estimate of drug-likeness (QED) is 0.751. The zero-order valence-electron chi connectivity index (χ0n) is 7.19. The summed E-state index contributed by atoms with van der Waals surface area (Å²) in [7, 11) is 0. The fourth-order valence-electron chi connectivity index (χ4n) is 0.925. The van der Waals surface area contributed by atoms with Crippen LogP contribution in [0.5, 0.6) is 0 Å². The van der Waals surface area contributed by atoms with Crippen molar-refractivity contribution in [3.05, 3.63) is 11.7 Å². The van der Waals surface area contributed by atoms with Crippen LogP contribution in [0.15, 0.2) is 9.52 Å². The van der Waals surface area contributed by atoms with Gasteiger partial charge in [-0.1, -0.05) is 28.7 Å². The van der Waals surface area contributed by atoms with Gasteiger partial charge in [0.05, 0.1) is 12.3 Å². The van der Waals surface area contributed by atoms with Gasteiger partial charge in [0.2, 0.25) is 5.89 Å². The lowest BCUT2D eigenvalue weighted by Gasteiger charge is -1.93. The van der Waals surface area contributed by atoms with E-state index >= 15 is 0 Å². The minimum Gasteiger partial charge on any atom is -0.338 e. The first kappa shape index (κ1) is 9.08. The van der Waals surface area contributed by atoms with E-state index in [1.165, 1.54) is 0 Å². The molecular weight excluding hydrogens is 206 g/mol. The molecule has 0 saturated heterocycles. The van der Waals surface area contributed by atoms with Gasteiger partial charge in [-0.05, 0) is 6.92 Å². The van der Waals surface area contributed by atoms with E-state index in [2.05, 4.69) is 15.1 Å². The van der Waals surface area contributed by atoms with Crippen molar-refractivity contribution in [3.63, 3.8) is 0 Å². The summed E-state index contributed by atoms with van der Waals surface area (Å²) in [5.74, 6) is 3.20. The second kappa shape index (κ2) is 4.15. The average molecular weight is 215 g/mol. The van der Waals surface area contributed by atoms with E-state index in [0.717, 1.165) is 22.4 Å². The molecule has 0 spiro atoms. The Balaban J connectivity index is 1.85.